The van der Waals surface area contributed by atoms with Crippen molar-refractivity contribution in [3.8, 4) is 0 Å². The third kappa shape index (κ3) is 2.88. The van der Waals surface area contributed by atoms with Gasteiger partial charge in [0.15, 0.2) is 0 Å². The molecule has 6 heteroatoms. The second-order valence-electron chi connectivity index (χ2n) is 5.07. The van der Waals surface area contributed by atoms with E-state index in [-0.39, 0.29) is 17.2 Å². The van der Waals surface area contributed by atoms with Gasteiger partial charge in [-0.3, -0.25) is 0 Å². The molecule has 1 aliphatic carbocycles. The van der Waals surface area contributed by atoms with Gasteiger partial charge in [0, 0.05) is 17.8 Å². The molecule has 0 bridgehead atoms. The van der Waals surface area contributed by atoms with Crippen LogP contribution >= 0.6 is 11.6 Å². The van der Waals surface area contributed by atoms with Gasteiger partial charge in [0.1, 0.15) is 18.1 Å². The lowest BCUT2D eigenvalue weighted by Crippen LogP contribution is -2.11. The Labute approximate surface area is 126 Å². The van der Waals surface area contributed by atoms with E-state index in [0.717, 1.165) is 12.8 Å². The minimum absolute atomic E-state index is 0.171. The summed E-state index contributed by atoms with van der Waals surface area (Å²) in [6.07, 6.45) is 3.77. The normalized spacial score (nSPS) is 14.2. The number of rotatable bonds is 4. The number of nitrogens with zero attached hydrogens (tertiary/aromatic N) is 1. The molecule has 21 heavy (non-hydrogen) atoms. The molecular weight excluding hydrogens is 295 g/mol. The SMILES string of the molecule is Nc1cc(C(=O)OCc2c(F)cccc2Cl)n(C2CC2)c1. The number of nitrogens with two attached hydrogens (primary N) is 1. The topological polar surface area (TPSA) is 57.3 Å². The zero-order chi connectivity index (χ0) is 15.0. The molecule has 4 nitrogen and oxygen atoms in total. The van der Waals surface area contributed by atoms with Crippen LogP contribution in [0.4, 0.5) is 10.1 Å². The molecule has 1 aromatic carbocycles. The van der Waals surface area contributed by atoms with E-state index in [1.54, 1.807) is 18.3 Å². The van der Waals surface area contributed by atoms with Gasteiger partial charge in [0.05, 0.1) is 10.7 Å². The molecule has 0 spiro atoms. The van der Waals surface area contributed by atoms with Gasteiger partial charge in [-0.2, -0.15) is 0 Å². The van der Waals surface area contributed by atoms with Crippen LogP contribution in [-0.4, -0.2) is 10.5 Å². The van der Waals surface area contributed by atoms with Crippen molar-refractivity contribution in [2.24, 2.45) is 0 Å². The zero-order valence-corrected chi connectivity index (χ0v) is 11.9. The van der Waals surface area contributed by atoms with Crippen molar-refractivity contribution in [2.45, 2.75) is 25.5 Å². The molecule has 1 fully saturated rings. The number of hydrogen-bond acceptors (Lipinski definition) is 3. The summed E-state index contributed by atoms with van der Waals surface area (Å²) in [5, 5.41) is 0.236. The Morgan fingerprint density at radius 3 is 2.90 bits per heavy atom. The van der Waals surface area contributed by atoms with Gasteiger partial charge in [-0.05, 0) is 31.0 Å². The fourth-order valence-electron chi connectivity index (χ4n) is 2.20. The van der Waals surface area contributed by atoms with Crippen molar-refractivity contribution in [1.29, 1.82) is 0 Å². The molecule has 1 aliphatic rings. The summed E-state index contributed by atoms with van der Waals surface area (Å²) in [7, 11) is 0. The maximum Gasteiger partial charge on any atom is 0.355 e. The van der Waals surface area contributed by atoms with E-state index in [2.05, 4.69) is 0 Å². The zero-order valence-electron chi connectivity index (χ0n) is 11.2. The average molecular weight is 309 g/mol. The van der Waals surface area contributed by atoms with Crippen molar-refractivity contribution < 1.29 is 13.9 Å². The quantitative estimate of drug-likeness (QED) is 0.879. The maximum atomic E-state index is 13.6. The van der Waals surface area contributed by atoms with Crippen LogP contribution in [0.3, 0.4) is 0 Å². The van der Waals surface area contributed by atoms with Gasteiger partial charge < -0.3 is 15.0 Å². The van der Waals surface area contributed by atoms with Crippen LogP contribution in [0.1, 0.15) is 34.9 Å². The van der Waals surface area contributed by atoms with Gasteiger partial charge in [-0.25, -0.2) is 9.18 Å². The standard InChI is InChI=1S/C15H14ClFN2O2/c16-12-2-1-3-13(17)11(12)8-21-15(20)14-6-9(18)7-19(14)10-4-5-10/h1-3,6-7,10H,4-5,8,18H2. The first kappa shape index (κ1) is 13.9. The van der Waals surface area contributed by atoms with Crippen LogP contribution in [0, 0.1) is 5.82 Å². The summed E-state index contributed by atoms with van der Waals surface area (Å²) in [6.45, 7) is -0.208. The monoisotopic (exact) mass is 308 g/mol. The highest BCUT2D eigenvalue weighted by Crippen LogP contribution is 2.37. The summed E-state index contributed by atoms with van der Waals surface area (Å²) in [6, 6.07) is 6.21. The van der Waals surface area contributed by atoms with E-state index in [4.69, 9.17) is 22.1 Å². The number of nitrogen functional groups attached to an aromatic ring is 1. The molecule has 2 aromatic rings. The van der Waals surface area contributed by atoms with Crippen LogP contribution in [0.2, 0.25) is 5.02 Å². The number of carbonyl (C=O) groups is 1. The van der Waals surface area contributed by atoms with Crippen molar-refractivity contribution in [3.05, 3.63) is 52.6 Å². The molecule has 0 aliphatic heterocycles. The Morgan fingerprint density at radius 2 is 2.24 bits per heavy atom. The number of aromatic nitrogens is 1. The first-order valence-electron chi connectivity index (χ1n) is 6.63. The van der Waals surface area contributed by atoms with Crippen LogP contribution < -0.4 is 5.73 Å². The highest BCUT2D eigenvalue weighted by molar-refractivity contribution is 6.31. The molecule has 1 saturated carbocycles. The third-order valence-electron chi connectivity index (χ3n) is 3.43. The van der Waals surface area contributed by atoms with Gasteiger partial charge >= 0.3 is 5.97 Å². The predicted molar refractivity (Wildman–Crippen MR) is 77.6 cm³/mol. The molecule has 3 rings (SSSR count). The van der Waals surface area contributed by atoms with Gasteiger partial charge in [0.25, 0.3) is 0 Å². The first-order valence-corrected chi connectivity index (χ1v) is 7.01. The van der Waals surface area contributed by atoms with Crippen molar-refractivity contribution in [3.63, 3.8) is 0 Å². The lowest BCUT2D eigenvalue weighted by Gasteiger charge is -2.09. The van der Waals surface area contributed by atoms with Crippen molar-refractivity contribution in [2.75, 3.05) is 5.73 Å². The molecule has 1 aromatic heterocycles. The molecule has 0 amide bonds. The van der Waals surface area contributed by atoms with Crippen LogP contribution in [0.15, 0.2) is 30.5 Å². The smallest absolute Gasteiger partial charge is 0.355 e. The van der Waals surface area contributed by atoms with Crippen LogP contribution in [0.25, 0.3) is 0 Å². The van der Waals surface area contributed by atoms with Gasteiger partial charge in [-0.1, -0.05) is 17.7 Å². The highest BCUT2D eigenvalue weighted by atomic mass is 35.5. The summed E-state index contributed by atoms with van der Waals surface area (Å²) in [5.74, 6) is -1.02. The Hall–Kier alpha value is -2.01. The number of anilines is 1. The second-order valence-corrected chi connectivity index (χ2v) is 5.48. The van der Waals surface area contributed by atoms with E-state index in [0.29, 0.717) is 17.4 Å². The number of ether oxygens (including phenoxy) is 1. The molecule has 1 heterocycles. The summed E-state index contributed by atoms with van der Waals surface area (Å²) in [5.41, 5.74) is 6.80. The van der Waals surface area contributed by atoms with E-state index in [1.807, 2.05) is 4.57 Å². The molecular formula is C15H14ClFN2O2. The fourth-order valence-corrected chi connectivity index (χ4v) is 2.42. The van der Waals surface area contributed by atoms with Crippen LogP contribution in [0.5, 0.6) is 0 Å². The number of carbonyl (C=O) groups excluding carboxylic acids is 1. The third-order valence-corrected chi connectivity index (χ3v) is 3.78. The van der Waals surface area contributed by atoms with Gasteiger partial charge in [0.2, 0.25) is 0 Å². The number of esters is 1. The Morgan fingerprint density at radius 1 is 1.48 bits per heavy atom. The fraction of sp³-hybridized carbons (Fsp3) is 0.267. The summed E-state index contributed by atoms with van der Waals surface area (Å²) < 4.78 is 20.6. The highest BCUT2D eigenvalue weighted by Gasteiger charge is 2.28. The number of benzene rings is 1. The lowest BCUT2D eigenvalue weighted by atomic mass is 10.2. The molecule has 0 saturated heterocycles. The van der Waals surface area contributed by atoms with E-state index >= 15 is 0 Å². The number of halogens is 2. The minimum Gasteiger partial charge on any atom is -0.456 e. The van der Waals surface area contributed by atoms with E-state index < -0.39 is 11.8 Å². The van der Waals surface area contributed by atoms with Gasteiger partial charge in [-0.15, -0.1) is 0 Å². The van der Waals surface area contributed by atoms with Crippen molar-refractivity contribution in [1.82, 2.24) is 4.57 Å². The molecule has 110 valence electrons. The molecule has 0 unspecified atom stereocenters. The predicted octanol–water partition coefficient (Wildman–Crippen LogP) is 3.55. The first-order chi connectivity index (χ1) is 10.1. The Balaban J connectivity index is 1.75. The number of hydrogen-bond donors (Lipinski definition) is 1. The summed E-state index contributed by atoms with van der Waals surface area (Å²) >= 11 is 5.90. The van der Waals surface area contributed by atoms with E-state index in [9.17, 15) is 9.18 Å². The van der Waals surface area contributed by atoms with Crippen LogP contribution in [-0.2, 0) is 11.3 Å². The van der Waals surface area contributed by atoms with E-state index in [1.165, 1.54) is 12.1 Å². The maximum absolute atomic E-state index is 13.6. The molecule has 0 atom stereocenters. The minimum atomic E-state index is -0.530. The summed E-state index contributed by atoms with van der Waals surface area (Å²) in [4.78, 5) is 12.1. The Bertz CT molecular complexity index is 675. The largest absolute Gasteiger partial charge is 0.456 e. The molecule has 0 radical (unpaired) electrons. The molecule has 2 N–H and O–H groups in total. The Kier molecular flexibility index (Phi) is 3.59. The average Bonchev–Trinajstić information content (AvgIpc) is 3.21. The second kappa shape index (κ2) is 5.41. The lowest BCUT2D eigenvalue weighted by molar-refractivity contribution is 0.0456. The van der Waals surface area contributed by atoms with Crippen molar-refractivity contribution >= 4 is 23.3 Å².